The molecule has 60 valence electrons. The van der Waals surface area contributed by atoms with Gasteiger partial charge in [0.2, 0.25) is 0 Å². The zero-order valence-electron chi connectivity index (χ0n) is 7.22. The molecule has 2 atom stereocenters. The average molecular weight is 142 g/mol. The quantitative estimate of drug-likeness (QED) is 0.640. The molecule has 10 heavy (non-hydrogen) atoms. The van der Waals surface area contributed by atoms with Crippen molar-refractivity contribution in [2.75, 3.05) is 0 Å². The molecule has 1 saturated carbocycles. The van der Waals surface area contributed by atoms with Gasteiger partial charge in [-0.1, -0.05) is 33.6 Å². The van der Waals surface area contributed by atoms with E-state index in [9.17, 15) is 5.11 Å². The maximum atomic E-state index is 9.86. The van der Waals surface area contributed by atoms with Crippen LogP contribution in [0.2, 0.25) is 0 Å². The highest BCUT2D eigenvalue weighted by Crippen LogP contribution is 2.50. The first-order valence-corrected chi connectivity index (χ1v) is 4.37. The molecule has 1 heteroatoms. The minimum Gasteiger partial charge on any atom is -0.389 e. The Labute approximate surface area is 63.4 Å². The van der Waals surface area contributed by atoms with E-state index in [1.807, 2.05) is 0 Å². The summed E-state index contributed by atoms with van der Waals surface area (Å²) in [5.74, 6) is 1.10. The summed E-state index contributed by atoms with van der Waals surface area (Å²) in [5, 5.41) is 9.86. The van der Waals surface area contributed by atoms with Crippen molar-refractivity contribution >= 4 is 0 Å². The topological polar surface area (TPSA) is 20.2 Å². The Bertz CT molecular complexity index is 118. The normalized spacial score (nSPS) is 38.7. The van der Waals surface area contributed by atoms with Crippen LogP contribution in [0.3, 0.4) is 0 Å². The highest BCUT2D eigenvalue weighted by Gasteiger charge is 2.53. The first kappa shape index (κ1) is 8.06. The maximum absolute atomic E-state index is 9.86. The molecule has 1 aliphatic carbocycles. The molecule has 1 nitrogen and oxygen atoms in total. The number of aliphatic hydroxyl groups is 1. The number of hydrogen-bond donors (Lipinski definition) is 1. The monoisotopic (exact) mass is 142 g/mol. The predicted molar refractivity (Wildman–Crippen MR) is 42.8 cm³/mol. The van der Waals surface area contributed by atoms with E-state index in [0.29, 0.717) is 11.8 Å². The van der Waals surface area contributed by atoms with Crippen molar-refractivity contribution in [2.45, 2.75) is 45.6 Å². The standard InChI is InChI=1S/C9H18O/c1-4-8(5-2)9(10)6-7(9)3/h7-8,10H,4-6H2,1-3H3. The van der Waals surface area contributed by atoms with Crippen molar-refractivity contribution in [1.29, 1.82) is 0 Å². The summed E-state index contributed by atoms with van der Waals surface area (Å²) in [6.45, 7) is 6.46. The minimum atomic E-state index is -0.274. The largest absolute Gasteiger partial charge is 0.389 e. The average Bonchev–Trinajstić information content (AvgIpc) is 2.44. The third kappa shape index (κ3) is 1.07. The van der Waals surface area contributed by atoms with Gasteiger partial charge in [-0.25, -0.2) is 0 Å². The van der Waals surface area contributed by atoms with Gasteiger partial charge in [0.05, 0.1) is 5.60 Å². The molecular formula is C9H18O. The van der Waals surface area contributed by atoms with E-state index in [-0.39, 0.29) is 5.60 Å². The minimum absolute atomic E-state index is 0.274. The Morgan fingerprint density at radius 1 is 1.50 bits per heavy atom. The Balaban J connectivity index is 2.46. The van der Waals surface area contributed by atoms with Crippen LogP contribution in [0.5, 0.6) is 0 Å². The van der Waals surface area contributed by atoms with Gasteiger partial charge in [0.15, 0.2) is 0 Å². The van der Waals surface area contributed by atoms with E-state index in [4.69, 9.17) is 0 Å². The summed E-state index contributed by atoms with van der Waals surface area (Å²) in [7, 11) is 0. The van der Waals surface area contributed by atoms with Gasteiger partial charge in [-0.15, -0.1) is 0 Å². The molecule has 1 N–H and O–H groups in total. The van der Waals surface area contributed by atoms with Crippen molar-refractivity contribution in [1.82, 2.24) is 0 Å². The Kier molecular flexibility index (Phi) is 2.04. The van der Waals surface area contributed by atoms with Crippen LogP contribution < -0.4 is 0 Å². The molecular weight excluding hydrogens is 124 g/mol. The lowest BCUT2D eigenvalue weighted by Crippen LogP contribution is -2.22. The van der Waals surface area contributed by atoms with Crippen LogP contribution in [0.1, 0.15) is 40.0 Å². The van der Waals surface area contributed by atoms with Gasteiger partial charge in [0, 0.05) is 0 Å². The highest BCUT2D eigenvalue weighted by molar-refractivity contribution is 5.04. The van der Waals surface area contributed by atoms with Crippen molar-refractivity contribution in [3.8, 4) is 0 Å². The van der Waals surface area contributed by atoms with Crippen LogP contribution in [0, 0.1) is 11.8 Å². The number of hydrogen-bond acceptors (Lipinski definition) is 1. The van der Waals surface area contributed by atoms with Crippen LogP contribution in [-0.4, -0.2) is 10.7 Å². The van der Waals surface area contributed by atoms with E-state index >= 15 is 0 Å². The lowest BCUT2D eigenvalue weighted by atomic mass is 9.93. The number of rotatable bonds is 3. The fourth-order valence-electron chi connectivity index (χ4n) is 2.00. The second-order valence-corrected chi connectivity index (χ2v) is 3.61. The Morgan fingerprint density at radius 3 is 2.00 bits per heavy atom. The van der Waals surface area contributed by atoms with Crippen LogP contribution in [0.4, 0.5) is 0 Å². The maximum Gasteiger partial charge on any atom is 0.0705 e. The SMILES string of the molecule is CCC(CC)C1(O)CC1C. The van der Waals surface area contributed by atoms with E-state index < -0.39 is 0 Å². The molecule has 0 amide bonds. The fraction of sp³-hybridized carbons (Fsp3) is 1.00. The van der Waals surface area contributed by atoms with Crippen LogP contribution in [0.15, 0.2) is 0 Å². The molecule has 0 aliphatic heterocycles. The second-order valence-electron chi connectivity index (χ2n) is 3.61. The smallest absolute Gasteiger partial charge is 0.0705 e. The van der Waals surface area contributed by atoms with Gasteiger partial charge in [-0.05, 0) is 18.3 Å². The molecule has 0 spiro atoms. The molecule has 0 aromatic heterocycles. The van der Waals surface area contributed by atoms with Crippen molar-refractivity contribution < 1.29 is 5.11 Å². The van der Waals surface area contributed by atoms with Gasteiger partial charge in [-0.2, -0.15) is 0 Å². The van der Waals surface area contributed by atoms with Crippen LogP contribution in [0.25, 0.3) is 0 Å². The molecule has 1 rings (SSSR count). The predicted octanol–water partition coefficient (Wildman–Crippen LogP) is 2.19. The van der Waals surface area contributed by atoms with E-state index in [2.05, 4.69) is 20.8 Å². The molecule has 0 bridgehead atoms. The van der Waals surface area contributed by atoms with Crippen LogP contribution >= 0.6 is 0 Å². The van der Waals surface area contributed by atoms with Gasteiger partial charge in [-0.3, -0.25) is 0 Å². The van der Waals surface area contributed by atoms with E-state index in [1.165, 1.54) is 0 Å². The van der Waals surface area contributed by atoms with Gasteiger partial charge < -0.3 is 5.11 Å². The van der Waals surface area contributed by atoms with Gasteiger partial charge in [0.1, 0.15) is 0 Å². The van der Waals surface area contributed by atoms with Crippen molar-refractivity contribution in [3.05, 3.63) is 0 Å². The van der Waals surface area contributed by atoms with E-state index in [1.54, 1.807) is 0 Å². The van der Waals surface area contributed by atoms with Crippen molar-refractivity contribution in [3.63, 3.8) is 0 Å². The summed E-state index contributed by atoms with van der Waals surface area (Å²) < 4.78 is 0. The Hall–Kier alpha value is -0.0400. The molecule has 2 unspecified atom stereocenters. The molecule has 0 radical (unpaired) electrons. The fourth-order valence-corrected chi connectivity index (χ4v) is 2.00. The molecule has 0 saturated heterocycles. The summed E-state index contributed by atoms with van der Waals surface area (Å²) in [5.41, 5.74) is -0.274. The first-order valence-electron chi connectivity index (χ1n) is 4.37. The third-order valence-corrected chi connectivity index (χ3v) is 3.02. The highest BCUT2D eigenvalue weighted by atomic mass is 16.3. The molecule has 0 aromatic carbocycles. The zero-order valence-corrected chi connectivity index (χ0v) is 7.22. The lowest BCUT2D eigenvalue weighted by Gasteiger charge is -2.19. The summed E-state index contributed by atoms with van der Waals surface area (Å²) >= 11 is 0. The first-order chi connectivity index (χ1) is 4.65. The van der Waals surface area contributed by atoms with Gasteiger partial charge in [0.25, 0.3) is 0 Å². The third-order valence-electron chi connectivity index (χ3n) is 3.02. The lowest BCUT2D eigenvalue weighted by molar-refractivity contribution is 0.0632. The zero-order chi connectivity index (χ0) is 7.78. The summed E-state index contributed by atoms with van der Waals surface area (Å²) in [6, 6.07) is 0. The summed E-state index contributed by atoms with van der Waals surface area (Å²) in [6.07, 6.45) is 3.27. The van der Waals surface area contributed by atoms with Gasteiger partial charge >= 0.3 is 0 Å². The molecule has 1 fully saturated rings. The second kappa shape index (κ2) is 2.54. The molecule has 1 aliphatic rings. The van der Waals surface area contributed by atoms with Crippen LogP contribution in [-0.2, 0) is 0 Å². The summed E-state index contributed by atoms with van der Waals surface area (Å²) in [4.78, 5) is 0. The molecule has 0 aromatic rings. The molecule has 0 heterocycles. The Morgan fingerprint density at radius 2 is 1.90 bits per heavy atom. The van der Waals surface area contributed by atoms with Crippen molar-refractivity contribution in [2.24, 2.45) is 11.8 Å². The van der Waals surface area contributed by atoms with E-state index in [0.717, 1.165) is 19.3 Å².